The largest absolute Gasteiger partial charge is 0.387 e. The highest BCUT2D eigenvalue weighted by atomic mass is 35.5. The van der Waals surface area contributed by atoms with Crippen LogP contribution in [0.4, 0.5) is 5.69 Å². The number of aromatic nitrogens is 2. The molecule has 0 unspecified atom stereocenters. The summed E-state index contributed by atoms with van der Waals surface area (Å²) in [5.74, 6) is 1.32. The van der Waals surface area contributed by atoms with Gasteiger partial charge in [-0.25, -0.2) is 9.98 Å². The Hall–Kier alpha value is -2.33. The van der Waals surface area contributed by atoms with Crippen molar-refractivity contribution in [2.45, 2.75) is 13.8 Å². The number of aromatic amines is 1. The Balaban J connectivity index is 2.08. The zero-order valence-corrected chi connectivity index (χ0v) is 12.6. The molecule has 0 radical (unpaired) electrons. The van der Waals surface area contributed by atoms with E-state index in [-0.39, 0.29) is 0 Å². The number of amidine groups is 1. The average Bonchev–Trinajstić information content (AvgIpc) is 2.84. The summed E-state index contributed by atoms with van der Waals surface area (Å²) in [4.78, 5) is 12.1. The van der Waals surface area contributed by atoms with Gasteiger partial charge in [0.15, 0.2) is 0 Å². The van der Waals surface area contributed by atoms with Crippen LogP contribution in [0.5, 0.6) is 0 Å². The van der Waals surface area contributed by atoms with Gasteiger partial charge in [0.2, 0.25) is 0 Å². The molecule has 0 bridgehead atoms. The summed E-state index contributed by atoms with van der Waals surface area (Å²) >= 11 is 6.17. The molecular weight excluding hydrogens is 284 g/mol. The van der Waals surface area contributed by atoms with Gasteiger partial charge in [-0.1, -0.05) is 23.7 Å². The van der Waals surface area contributed by atoms with Gasteiger partial charge in [0.1, 0.15) is 5.82 Å². The maximum atomic E-state index is 6.17. The number of H-pyrrole nitrogens is 1. The number of nitrogens with two attached hydrogens (primary N) is 1. The second-order valence-electron chi connectivity index (χ2n) is 5.00. The van der Waals surface area contributed by atoms with Crippen LogP contribution in [0.1, 0.15) is 12.5 Å². The number of imidazole rings is 1. The van der Waals surface area contributed by atoms with E-state index in [0.29, 0.717) is 5.84 Å². The molecule has 3 N–H and O–H groups in total. The van der Waals surface area contributed by atoms with Crippen LogP contribution in [0.25, 0.3) is 22.4 Å². The van der Waals surface area contributed by atoms with Crippen molar-refractivity contribution in [1.29, 1.82) is 0 Å². The summed E-state index contributed by atoms with van der Waals surface area (Å²) in [5, 5.41) is 0.733. The lowest BCUT2D eigenvalue weighted by Crippen LogP contribution is -2.03. The van der Waals surface area contributed by atoms with Crippen molar-refractivity contribution in [1.82, 2.24) is 9.97 Å². The molecular formula is C16H15ClN4. The SMILES string of the molecule is CC(N)=Nc1ccc2nc(-c3ccc(C)c(Cl)c3)[nH]c2c1. The molecule has 106 valence electrons. The van der Waals surface area contributed by atoms with Crippen molar-refractivity contribution < 1.29 is 0 Å². The molecule has 1 aromatic heterocycles. The highest BCUT2D eigenvalue weighted by Crippen LogP contribution is 2.27. The zero-order chi connectivity index (χ0) is 15.0. The van der Waals surface area contributed by atoms with E-state index in [2.05, 4.69) is 15.0 Å². The lowest BCUT2D eigenvalue weighted by Gasteiger charge is -2.00. The maximum absolute atomic E-state index is 6.17. The number of nitrogens with one attached hydrogen (secondary N) is 1. The van der Waals surface area contributed by atoms with Crippen LogP contribution in [-0.2, 0) is 0 Å². The first kappa shape index (κ1) is 13.6. The fourth-order valence-electron chi connectivity index (χ4n) is 2.15. The van der Waals surface area contributed by atoms with Gasteiger partial charge in [-0.2, -0.15) is 0 Å². The van der Waals surface area contributed by atoms with Crippen molar-refractivity contribution in [3.8, 4) is 11.4 Å². The molecule has 0 amide bonds. The van der Waals surface area contributed by atoms with Gasteiger partial charge < -0.3 is 10.7 Å². The lowest BCUT2D eigenvalue weighted by atomic mass is 10.1. The van der Waals surface area contributed by atoms with Gasteiger partial charge in [0.05, 0.1) is 22.6 Å². The second-order valence-corrected chi connectivity index (χ2v) is 5.41. The smallest absolute Gasteiger partial charge is 0.138 e. The van der Waals surface area contributed by atoms with Gasteiger partial charge in [0.25, 0.3) is 0 Å². The first-order chi connectivity index (χ1) is 10.0. The third kappa shape index (κ3) is 2.76. The molecule has 21 heavy (non-hydrogen) atoms. The summed E-state index contributed by atoms with van der Waals surface area (Å²) in [7, 11) is 0. The Morgan fingerprint density at radius 3 is 2.76 bits per heavy atom. The van der Waals surface area contributed by atoms with E-state index in [4.69, 9.17) is 17.3 Å². The monoisotopic (exact) mass is 298 g/mol. The Bertz CT molecular complexity index is 845. The highest BCUT2D eigenvalue weighted by molar-refractivity contribution is 6.31. The number of hydrogen-bond acceptors (Lipinski definition) is 2. The molecule has 1 heterocycles. The molecule has 0 spiro atoms. The molecule has 0 aliphatic rings. The van der Waals surface area contributed by atoms with E-state index in [9.17, 15) is 0 Å². The minimum Gasteiger partial charge on any atom is -0.387 e. The van der Waals surface area contributed by atoms with Gasteiger partial charge in [-0.05, 0) is 43.7 Å². The molecule has 0 aliphatic carbocycles. The van der Waals surface area contributed by atoms with Crippen LogP contribution < -0.4 is 5.73 Å². The number of rotatable bonds is 2. The Morgan fingerprint density at radius 1 is 1.24 bits per heavy atom. The summed E-state index contributed by atoms with van der Waals surface area (Å²) in [6.45, 7) is 3.74. The Kier molecular flexibility index (Phi) is 3.39. The minimum atomic E-state index is 0.527. The number of benzene rings is 2. The molecule has 0 saturated heterocycles. The average molecular weight is 299 g/mol. The minimum absolute atomic E-state index is 0.527. The van der Waals surface area contributed by atoms with Crippen LogP contribution >= 0.6 is 11.6 Å². The predicted octanol–water partition coefficient (Wildman–Crippen LogP) is 4.20. The molecule has 2 aromatic carbocycles. The third-order valence-electron chi connectivity index (χ3n) is 3.22. The van der Waals surface area contributed by atoms with Crippen molar-refractivity contribution in [2.75, 3.05) is 0 Å². The summed E-state index contributed by atoms with van der Waals surface area (Å²) < 4.78 is 0. The van der Waals surface area contributed by atoms with Crippen molar-refractivity contribution in [3.63, 3.8) is 0 Å². The number of hydrogen-bond donors (Lipinski definition) is 2. The number of aliphatic imine (C=N–C) groups is 1. The van der Waals surface area contributed by atoms with Crippen molar-refractivity contribution in [3.05, 3.63) is 47.0 Å². The van der Waals surface area contributed by atoms with Crippen LogP contribution in [0, 0.1) is 6.92 Å². The van der Waals surface area contributed by atoms with Gasteiger partial charge in [0, 0.05) is 10.6 Å². The summed E-state index contributed by atoms with van der Waals surface area (Å²) in [5.41, 5.74) is 10.2. The zero-order valence-electron chi connectivity index (χ0n) is 11.8. The van der Waals surface area contributed by atoms with Gasteiger partial charge >= 0.3 is 0 Å². The molecule has 4 nitrogen and oxygen atoms in total. The summed E-state index contributed by atoms with van der Waals surface area (Å²) in [6.07, 6.45) is 0. The van der Waals surface area contributed by atoms with Crippen LogP contribution in [0.15, 0.2) is 41.4 Å². The molecule has 0 aliphatic heterocycles. The molecule has 3 rings (SSSR count). The highest BCUT2D eigenvalue weighted by Gasteiger charge is 2.07. The topological polar surface area (TPSA) is 67.1 Å². The normalized spacial score (nSPS) is 12.0. The Labute approximate surface area is 127 Å². The predicted molar refractivity (Wildman–Crippen MR) is 88.2 cm³/mol. The van der Waals surface area contributed by atoms with E-state index in [1.165, 1.54) is 0 Å². The van der Waals surface area contributed by atoms with E-state index < -0.39 is 0 Å². The number of aryl methyl sites for hydroxylation is 1. The van der Waals surface area contributed by atoms with Crippen molar-refractivity contribution in [2.24, 2.45) is 10.7 Å². The van der Waals surface area contributed by atoms with Crippen LogP contribution in [-0.4, -0.2) is 15.8 Å². The third-order valence-corrected chi connectivity index (χ3v) is 3.62. The quantitative estimate of drug-likeness (QED) is 0.550. The van der Waals surface area contributed by atoms with Crippen molar-refractivity contribution >= 4 is 34.2 Å². The number of fused-ring (bicyclic) bond motifs is 1. The maximum Gasteiger partial charge on any atom is 0.138 e. The number of nitrogens with zero attached hydrogens (tertiary/aromatic N) is 2. The molecule has 0 fully saturated rings. The van der Waals surface area contributed by atoms with E-state index in [1.807, 2.05) is 43.3 Å². The molecule has 0 atom stereocenters. The molecule has 5 heteroatoms. The second kappa shape index (κ2) is 5.22. The fourth-order valence-corrected chi connectivity index (χ4v) is 2.33. The van der Waals surface area contributed by atoms with Crippen LogP contribution in [0.3, 0.4) is 0 Å². The molecule has 3 aromatic rings. The lowest BCUT2D eigenvalue weighted by molar-refractivity contribution is 1.33. The van der Waals surface area contributed by atoms with E-state index >= 15 is 0 Å². The number of halogens is 1. The first-order valence-electron chi connectivity index (χ1n) is 6.60. The van der Waals surface area contributed by atoms with E-state index in [0.717, 1.165) is 38.7 Å². The van der Waals surface area contributed by atoms with E-state index in [1.54, 1.807) is 6.92 Å². The fraction of sp³-hybridized carbons (Fsp3) is 0.125. The first-order valence-corrected chi connectivity index (χ1v) is 6.98. The molecule has 0 saturated carbocycles. The standard InChI is InChI=1S/C16H15ClN4/c1-9-3-4-11(7-13(9)17)16-20-14-6-5-12(19-10(2)18)8-15(14)21-16/h3-8H,1-2H3,(H2,18,19)(H,20,21). The van der Waals surface area contributed by atoms with Gasteiger partial charge in [-0.15, -0.1) is 0 Å². The summed E-state index contributed by atoms with van der Waals surface area (Å²) in [6, 6.07) is 11.6. The van der Waals surface area contributed by atoms with Gasteiger partial charge in [-0.3, -0.25) is 0 Å². The Morgan fingerprint density at radius 2 is 2.05 bits per heavy atom. The van der Waals surface area contributed by atoms with Crippen LogP contribution in [0.2, 0.25) is 5.02 Å².